The quantitative estimate of drug-likeness (QED) is 0.217. The van der Waals surface area contributed by atoms with Crippen LogP contribution in [0.25, 0.3) is 0 Å². The Morgan fingerprint density at radius 1 is 1.16 bits per heavy atom. The molecule has 1 spiro atoms. The minimum atomic E-state index is -0.251. The molecule has 0 aromatic heterocycles. The Balaban J connectivity index is 1.12. The van der Waals surface area contributed by atoms with Gasteiger partial charge in [0.1, 0.15) is 6.61 Å². The number of piperidine rings is 1. The summed E-state index contributed by atoms with van der Waals surface area (Å²) in [5.41, 5.74) is 4.66. The Bertz CT molecular complexity index is 1340. The van der Waals surface area contributed by atoms with Gasteiger partial charge in [-0.25, -0.2) is 4.79 Å². The first kappa shape index (κ1) is 29.1. The largest absolute Gasteiger partial charge is 0.515 e. The molecule has 1 amide bonds. The molecule has 4 aliphatic carbocycles. The Morgan fingerprint density at radius 2 is 1.95 bits per heavy atom. The second-order valence-electron chi connectivity index (χ2n) is 15.3. The fourth-order valence-corrected chi connectivity index (χ4v) is 11.0. The molecule has 6 heteroatoms. The molecule has 1 N–H and O–H groups in total. The van der Waals surface area contributed by atoms with E-state index in [-0.39, 0.29) is 46.9 Å². The molecule has 43 heavy (non-hydrogen) atoms. The predicted octanol–water partition coefficient (Wildman–Crippen LogP) is 7.78. The van der Waals surface area contributed by atoms with Gasteiger partial charge in [-0.2, -0.15) is 0 Å². The zero-order valence-corrected chi connectivity index (χ0v) is 26.4. The van der Waals surface area contributed by atoms with Gasteiger partial charge in [-0.15, -0.1) is 0 Å². The molecule has 10 atom stereocenters. The molecule has 2 saturated heterocycles. The lowest BCUT2D eigenvalue weighted by atomic mass is 9.51. The van der Waals surface area contributed by atoms with Gasteiger partial charge in [0.25, 0.3) is 0 Å². The third kappa shape index (κ3) is 4.60. The van der Waals surface area contributed by atoms with Crippen molar-refractivity contribution in [1.82, 2.24) is 4.90 Å². The number of aliphatic hydroxyl groups is 1. The van der Waals surface area contributed by atoms with Crippen LogP contribution in [0, 0.1) is 40.9 Å². The van der Waals surface area contributed by atoms with E-state index >= 15 is 0 Å². The number of benzene rings is 1. The zero-order valence-electron chi connectivity index (χ0n) is 26.4. The Hall–Kier alpha value is -2.60. The minimum Gasteiger partial charge on any atom is -0.515 e. The fourth-order valence-electron chi connectivity index (χ4n) is 11.0. The van der Waals surface area contributed by atoms with Crippen LogP contribution in [-0.4, -0.2) is 46.2 Å². The van der Waals surface area contributed by atoms with Gasteiger partial charge < -0.3 is 19.5 Å². The van der Waals surface area contributed by atoms with Gasteiger partial charge in [0.15, 0.2) is 5.78 Å². The van der Waals surface area contributed by atoms with Crippen molar-refractivity contribution in [3.63, 3.8) is 0 Å². The first-order valence-corrected chi connectivity index (χ1v) is 16.9. The van der Waals surface area contributed by atoms with Gasteiger partial charge in [-0.1, -0.05) is 62.2 Å². The highest BCUT2D eigenvalue weighted by atomic mass is 16.6. The van der Waals surface area contributed by atoms with E-state index in [1.54, 1.807) is 5.57 Å². The predicted molar refractivity (Wildman–Crippen MR) is 165 cm³/mol. The summed E-state index contributed by atoms with van der Waals surface area (Å²) in [6.45, 7) is 10.3. The van der Waals surface area contributed by atoms with Crippen LogP contribution in [0.4, 0.5) is 4.79 Å². The summed E-state index contributed by atoms with van der Waals surface area (Å²) in [6, 6.07) is 9.97. The minimum absolute atomic E-state index is 0.0424. The summed E-state index contributed by atoms with van der Waals surface area (Å²) >= 11 is 0. The lowest BCUT2D eigenvalue weighted by Gasteiger charge is -2.52. The van der Waals surface area contributed by atoms with Crippen molar-refractivity contribution in [2.75, 3.05) is 6.54 Å². The number of carbonyl (C=O) groups is 2. The number of allylic oxidation sites excluding steroid dienone is 2. The van der Waals surface area contributed by atoms with Crippen molar-refractivity contribution in [3.05, 3.63) is 58.9 Å². The number of Topliss-reactive ketones (excluding diaryl/α,β-unsaturated/α-hetero) is 1. The number of hydrogen-bond donors (Lipinski definition) is 1. The van der Waals surface area contributed by atoms with E-state index in [1.165, 1.54) is 5.57 Å². The van der Waals surface area contributed by atoms with Crippen LogP contribution in [0.1, 0.15) is 91.0 Å². The molecule has 0 unspecified atom stereocenters. The van der Waals surface area contributed by atoms with E-state index in [9.17, 15) is 14.7 Å². The van der Waals surface area contributed by atoms with E-state index in [4.69, 9.17) is 9.47 Å². The number of amides is 1. The highest BCUT2D eigenvalue weighted by molar-refractivity contribution is 5.96. The Labute approximate surface area is 256 Å². The molecule has 6 aliphatic rings. The average molecular weight is 588 g/mol. The summed E-state index contributed by atoms with van der Waals surface area (Å²) in [5.74, 6) is 2.71. The first-order chi connectivity index (χ1) is 20.6. The van der Waals surface area contributed by atoms with Crippen molar-refractivity contribution in [2.24, 2.45) is 40.9 Å². The van der Waals surface area contributed by atoms with E-state index in [2.05, 4.69) is 27.7 Å². The third-order valence-electron chi connectivity index (χ3n) is 13.1. The molecule has 0 radical (unpaired) electrons. The van der Waals surface area contributed by atoms with Crippen molar-refractivity contribution < 1.29 is 24.2 Å². The number of likely N-dealkylation sites (tertiary alicyclic amines) is 1. The number of fused-ring (bicyclic) bond motifs is 6. The second-order valence-corrected chi connectivity index (χ2v) is 15.3. The Morgan fingerprint density at radius 3 is 2.72 bits per heavy atom. The SMILES string of the molecule is CC1=C2C[C@H]3[C@@H](CC[C@@H]4/C(=C/O)C(=O)CC[C@@]43C)[C@@H]2CC[C@@]2(C1)O[C@@H]1C[C@H](C)CN(C(=O)OCc3ccccc3)[C@H]1[C@H]2C. The van der Waals surface area contributed by atoms with Gasteiger partial charge >= 0.3 is 6.09 Å². The number of rotatable bonds is 2. The molecule has 1 aromatic rings. The van der Waals surface area contributed by atoms with Gasteiger partial charge in [-0.05, 0) is 98.9 Å². The summed E-state index contributed by atoms with van der Waals surface area (Å²) in [5, 5.41) is 9.98. The van der Waals surface area contributed by atoms with Crippen LogP contribution in [0.5, 0.6) is 0 Å². The molecular formula is C37H49NO5. The average Bonchev–Trinajstić information content (AvgIpc) is 3.46. The summed E-state index contributed by atoms with van der Waals surface area (Å²) in [4.78, 5) is 28.2. The first-order valence-electron chi connectivity index (χ1n) is 16.9. The number of aliphatic hydroxyl groups excluding tert-OH is 1. The number of hydrogen-bond acceptors (Lipinski definition) is 5. The molecule has 3 saturated carbocycles. The summed E-state index contributed by atoms with van der Waals surface area (Å²) in [7, 11) is 0. The van der Waals surface area contributed by atoms with Gasteiger partial charge in [-0.3, -0.25) is 4.79 Å². The number of ether oxygens (including phenoxy) is 2. The van der Waals surface area contributed by atoms with Crippen LogP contribution >= 0.6 is 0 Å². The number of nitrogens with zero attached hydrogens (tertiary/aromatic N) is 1. The van der Waals surface area contributed by atoms with Crippen molar-refractivity contribution in [3.8, 4) is 0 Å². The van der Waals surface area contributed by atoms with Crippen molar-refractivity contribution >= 4 is 11.9 Å². The summed E-state index contributed by atoms with van der Waals surface area (Å²) in [6.07, 6.45) is 9.79. The zero-order chi connectivity index (χ0) is 30.1. The van der Waals surface area contributed by atoms with Crippen LogP contribution in [-0.2, 0) is 20.9 Å². The fraction of sp³-hybridized carbons (Fsp3) is 0.676. The highest BCUT2D eigenvalue weighted by Crippen LogP contribution is 2.65. The topological polar surface area (TPSA) is 76.1 Å². The monoisotopic (exact) mass is 587 g/mol. The van der Waals surface area contributed by atoms with Crippen molar-refractivity contribution in [2.45, 2.75) is 110 Å². The maximum Gasteiger partial charge on any atom is 0.410 e. The highest BCUT2D eigenvalue weighted by Gasteiger charge is 2.61. The van der Waals surface area contributed by atoms with Crippen molar-refractivity contribution in [1.29, 1.82) is 0 Å². The third-order valence-corrected chi connectivity index (χ3v) is 13.1. The maximum absolute atomic E-state index is 13.5. The molecule has 1 aromatic carbocycles. The van der Waals surface area contributed by atoms with Crippen LogP contribution < -0.4 is 0 Å². The van der Waals surface area contributed by atoms with E-state index in [1.807, 2.05) is 35.2 Å². The number of ketones is 1. The normalized spacial score (nSPS) is 43.2. The van der Waals surface area contributed by atoms with Crippen LogP contribution in [0.2, 0.25) is 0 Å². The molecule has 2 aliphatic heterocycles. The molecule has 232 valence electrons. The Kier molecular flexibility index (Phi) is 7.31. The van der Waals surface area contributed by atoms with Crippen LogP contribution in [0.15, 0.2) is 53.3 Å². The maximum atomic E-state index is 13.5. The molecule has 7 rings (SSSR count). The second kappa shape index (κ2) is 10.8. The van der Waals surface area contributed by atoms with Gasteiger partial charge in [0.2, 0.25) is 0 Å². The molecule has 0 bridgehead atoms. The smallest absolute Gasteiger partial charge is 0.410 e. The van der Waals surface area contributed by atoms with E-state index < -0.39 is 0 Å². The molecule has 2 heterocycles. The lowest BCUT2D eigenvalue weighted by molar-refractivity contribution is -0.122. The van der Waals surface area contributed by atoms with E-state index in [0.29, 0.717) is 42.3 Å². The van der Waals surface area contributed by atoms with Gasteiger partial charge in [0.05, 0.1) is 24.0 Å². The standard InChI is InChI=1S/C37H49NO5/c1-22-16-33-34(38(19-22)35(41)42-21-25-8-6-5-7-9-25)24(3)37(43-33)15-12-26-27-10-11-30-29(20-39)32(40)13-14-36(30,4)31(27)17-28(26)23(2)18-37/h5-9,20,22,24,26-27,30-31,33-34,39H,10-19,21H2,1-4H3/b29-20-/t22-,24+,26-,27-,30+,31-,33+,34-,36-,37-/m0/s1. The lowest BCUT2D eigenvalue weighted by Crippen LogP contribution is -2.54. The molecule has 5 fully saturated rings. The van der Waals surface area contributed by atoms with E-state index in [0.717, 1.165) is 69.7 Å². The van der Waals surface area contributed by atoms with Crippen LogP contribution in [0.3, 0.4) is 0 Å². The van der Waals surface area contributed by atoms with Gasteiger partial charge in [0, 0.05) is 24.5 Å². The molecular weight excluding hydrogens is 538 g/mol. The number of carbonyl (C=O) groups excluding carboxylic acids is 2. The summed E-state index contributed by atoms with van der Waals surface area (Å²) < 4.78 is 13.0. The molecule has 6 nitrogen and oxygen atoms in total.